The first-order valence-electron chi connectivity index (χ1n) is 4.09. The molecule has 0 aromatic rings. The number of aliphatic hydroxyl groups excluding tert-OH is 4. The first-order valence-corrected chi connectivity index (χ1v) is 4.09. The van der Waals surface area contributed by atoms with Crippen molar-refractivity contribution in [1.82, 2.24) is 0 Å². The first kappa shape index (κ1) is 45.1. The predicted molar refractivity (Wildman–Crippen MR) is 58.3 cm³/mol. The van der Waals surface area contributed by atoms with Crippen LogP contribution in [0.3, 0.4) is 0 Å². The van der Waals surface area contributed by atoms with E-state index >= 15 is 0 Å². The maximum atomic E-state index is 7.57. The molecule has 0 atom stereocenters. The van der Waals surface area contributed by atoms with Gasteiger partial charge < -0.3 is 31.4 Å². The molecule has 0 saturated carbocycles. The van der Waals surface area contributed by atoms with Gasteiger partial charge in [-0.3, -0.25) is 0 Å². The Morgan fingerprint density at radius 2 is 0.533 bits per heavy atom. The van der Waals surface area contributed by atoms with Gasteiger partial charge in [0.25, 0.3) is 0 Å². The van der Waals surface area contributed by atoms with E-state index in [1.807, 2.05) is 0 Å². The summed E-state index contributed by atoms with van der Waals surface area (Å²) < 4.78 is 0. The minimum absolute atomic E-state index is 0. The average molecular weight is 401 g/mol. The molecule has 0 unspecified atom stereocenters. The van der Waals surface area contributed by atoms with E-state index in [2.05, 4.69) is 0 Å². The molecular weight excluding hydrogens is 373 g/mol. The van der Waals surface area contributed by atoms with Crippen molar-refractivity contribution in [3.63, 3.8) is 0 Å². The van der Waals surface area contributed by atoms with E-state index in [4.69, 9.17) is 20.4 Å². The van der Waals surface area contributed by atoms with E-state index in [0.29, 0.717) is 0 Å². The predicted octanol–water partition coefficient (Wildman–Crippen LogP) is -1.66. The summed E-state index contributed by atoms with van der Waals surface area (Å²) in [4.78, 5) is 0. The van der Waals surface area contributed by atoms with E-state index in [-0.39, 0.29) is 59.8 Å². The van der Waals surface area contributed by atoms with E-state index in [9.17, 15) is 0 Å². The molecule has 0 aromatic carbocycles. The molecule has 6 nitrogen and oxygen atoms in total. The zero-order valence-corrected chi connectivity index (χ0v) is 13.3. The smallest absolute Gasteiger partial charge is 0.0402 e. The molecule has 0 heterocycles. The molecule has 8 N–H and O–H groups in total. The Bertz CT molecular complexity index is 27.1. The topological polar surface area (TPSA) is 144 Å². The van der Waals surface area contributed by atoms with Crippen LogP contribution in [0, 0.1) is 0 Å². The number of rotatable bonds is 0. The van der Waals surface area contributed by atoms with Crippen LogP contribution >= 0.6 is 0 Å². The van der Waals surface area contributed by atoms with Crippen LogP contribution in [0.25, 0.3) is 0 Å². The SMILES string of the molecule is CCO.CCO.CCO.CCO.O.O.[Ta]. The fourth-order valence-electron chi connectivity index (χ4n) is 0. The fourth-order valence-corrected chi connectivity index (χ4v) is 0. The van der Waals surface area contributed by atoms with Gasteiger partial charge in [-0.1, -0.05) is 0 Å². The van der Waals surface area contributed by atoms with Gasteiger partial charge in [0.15, 0.2) is 0 Å². The minimum Gasteiger partial charge on any atom is -0.412 e. The largest absolute Gasteiger partial charge is 0.412 e. The first-order chi connectivity index (χ1) is 5.66. The zero-order valence-electron chi connectivity index (χ0n) is 10.1. The van der Waals surface area contributed by atoms with Crippen molar-refractivity contribution >= 4 is 0 Å². The summed E-state index contributed by atoms with van der Waals surface area (Å²) in [6, 6.07) is 0. The molecule has 0 saturated heterocycles. The summed E-state index contributed by atoms with van der Waals surface area (Å²) in [6.07, 6.45) is 0. The van der Waals surface area contributed by atoms with Crippen LogP contribution < -0.4 is 0 Å². The van der Waals surface area contributed by atoms with Crippen LogP contribution in [0.1, 0.15) is 27.7 Å². The van der Waals surface area contributed by atoms with Crippen LogP contribution in [-0.2, 0) is 22.4 Å². The molecule has 0 aromatic heterocycles. The Kier molecular flexibility index (Phi) is 392. The van der Waals surface area contributed by atoms with Gasteiger partial charge in [-0.2, -0.15) is 0 Å². The van der Waals surface area contributed by atoms with Crippen molar-refractivity contribution in [2.75, 3.05) is 26.4 Å². The van der Waals surface area contributed by atoms with Crippen LogP contribution in [0.2, 0.25) is 0 Å². The van der Waals surface area contributed by atoms with Crippen LogP contribution in [0.15, 0.2) is 0 Å². The van der Waals surface area contributed by atoms with Crippen molar-refractivity contribution < 1.29 is 53.8 Å². The minimum atomic E-state index is 0. The Morgan fingerprint density at radius 1 is 0.533 bits per heavy atom. The van der Waals surface area contributed by atoms with Gasteiger partial charge in [-0.25, -0.2) is 0 Å². The molecule has 0 amide bonds. The van der Waals surface area contributed by atoms with Gasteiger partial charge >= 0.3 is 0 Å². The van der Waals surface area contributed by atoms with Gasteiger partial charge in [0.1, 0.15) is 0 Å². The fraction of sp³-hybridized carbons (Fsp3) is 1.00. The molecule has 15 heavy (non-hydrogen) atoms. The van der Waals surface area contributed by atoms with E-state index in [1.165, 1.54) is 0 Å². The van der Waals surface area contributed by atoms with Crippen molar-refractivity contribution in [2.24, 2.45) is 0 Å². The molecular formula is C8H28O6Ta. The second kappa shape index (κ2) is 130. The molecule has 0 aliphatic rings. The molecule has 0 aliphatic carbocycles. The maximum Gasteiger partial charge on any atom is 0.0402 e. The Hall–Kier alpha value is 0.500. The van der Waals surface area contributed by atoms with Gasteiger partial charge in [-0.15, -0.1) is 0 Å². The van der Waals surface area contributed by atoms with Gasteiger partial charge in [0.2, 0.25) is 0 Å². The summed E-state index contributed by atoms with van der Waals surface area (Å²) in [5.74, 6) is 0. The number of hydrogen-bond acceptors (Lipinski definition) is 4. The van der Waals surface area contributed by atoms with Crippen LogP contribution in [0.5, 0.6) is 0 Å². The van der Waals surface area contributed by atoms with E-state index in [0.717, 1.165) is 0 Å². The van der Waals surface area contributed by atoms with E-state index in [1.54, 1.807) is 27.7 Å². The molecule has 0 fully saturated rings. The van der Waals surface area contributed by atoms with Crippen LogP contribution in [-0.4, -0.2) is 57.8 Å². The molecule has 0 spiro atoms. The molecule has 0 bridgehead atoms. The molecule has 0 rings (SSSR count). The second-order valence-electron chi connectivity index (χ2n) is 1.26. The third-order valence-electron chi connectivity index (χ3n) is 0. The third kappa shape index (κ3) is 9050. The summed E-state index contributed by atoms with van der Waals surface area (Å²) in [5.41, 5.74) is 0. The van der Waals surface area contributed by atoms with Crippen molar-refractivity contribution in [2.45, 2.75) is 27.7 Å². The average Bonchev–Trinajstić information content (AvgIpc) is 1.92. The van der Waals surface area contributed by atoms with Crippen molar-refractivity contribution in [3.8, 4) is 0 Å². The second-order valence-corrected chi connectivity index (χ2v) is 1.26. The summed E-state index contributed by atoms with van der Waals surface area (Å²) in [5, 5.41) is 30.3. The summed E-state index contributed by atoms with van der Waals surface area (Å²) >= 11 is 0. The quantitative estimate of drug-likeness (QED) is 0.385. The summed E-state index contributed by atoms with van der Waals surface area (Å²) in [7, 11) is 0. The Morgan fingerprint density at radius 3 is 0.533 bits per heavy atom. The number of aliphatic hydroxyl groups is 4. The number of hydrogen-bond donors (Lipinski definition) is 4. The normalized spacial score (nSPS) is 4.80. The van der Waals surface area contributed by atoms with Crippen molar-refractivity contribution in [1.29, 1.82) is 0 Å². The molecule has 7 heteroatoms. The molecule has 1 radical (unpaired) electrons. The standard InChI is InChI=1S/4C2H6O.2H2O.Ta/c4*1-2-3;;;/h4*3H,2H2,1H3;2*1H2;. The zero-order chi connectivity index (χ0) is 10.8. The van der Waals surface area contributed by atoms with Crippen LogP contribution in [0.4, 0.5) is 0 Å². The monoisotopic (exact) mass is 401 g/mol. The van der Waals surface area contributed by atoms with E-state index < -0.39 is 0 Å². The van der Waals surface area contributed by atoms with Gasteiger partial charge in [0.05, 0.1) is 0 Å². The Balaban J connectivity index is -0.0000000107. The van der Waals surface area contributed by atoms with Gasteiger partial charge in [-0.05, 0) is 27.7 Å². The summed E-state index contributed by atoms with van der Waals surface area (Å²) in [6.45, 7) is 7.72. The molecule has 101 valence electrons. The maximum absolute atomic E-state index is 7.57. The molecule has 0 aliphatic heterocycles. The third-order valence-corrected chi connectivity index (χ3v) is 0. The Labute approximate surface area is 108 Å². The van der Waals surface area contributed by atoms with Gasteiger partial charge in [0, 0.05) is 48.8 Å². The van der Waals surface area contributed by atoms with Crippen molar-refractivity contribution in [3.05, 3.63) is 0 Å².